The Labute approximate surface area is 136 Å². The van der Waals surface area contributed by atoms with Gasteiger partial charge in [0, 0.05) is 29.8 Å². The van der Waals surface area contributed by atoms with Gasteiger partial charge in [0.2, 0.25) is 5.95 Å². The molecule has 120 valence electrons. The summed E-state index contributed by atoms with van der Waals surface area (Å²) >= 11 is 0. The van der Waals surface area contributed by atoms with E-state index >= 15 is 0 Å². The van der Waals surface area contributed by atoms with Crippen LogP contribution in [0.25, 0.3) is 11.3 Å². The van der Waals surface area contributed by atoms with E-state index in [1.165, 1.54) is 16.7 Å². The van der Waals surface area contributed by atoms with Crippen LogP contribution in [0, 0.1) is 0 Å². The van der Waals surface area contributed by atoms with Crippen molar-refractivity contribution in [1.29, 1.82) is 0 Å². The van der Waals surface area contributed by atoms with Crippen molar-refractivity contribution in [2.45, 2.75) is 44.7 Å². The molecule has 2 aliphatic rings. The number of rotatable bonds is 1. The molecule has 1 aromatic heterocycles. The topological polar surface area (TPSA) is 81.1 Å². The first kappa shape index (κ1) is 14.5. The fourth-order valence-electron chi connectivity index (χ4n) is 3.97. The summed E-state index contributed by atoms with van der Waals surface area (Å²) < 4.78 is 0. The Morgan fingerprint density at radius 1 is 1.17 bits per heavy atom. The second-order valence-electron chi connectivity index (χ2n) is 6.74. The predicted molar refractivity (Wildman–Crippen MR) is 93.3 cm³/mol. The van der Waals surface area contributed by atoms with E-state index in [0.717, 1.165) is 43.7 Å². The quantitative estimate of drug-likeness (QED) is 0.843. The Morgan fingerprint density at radius 3 is 2.78 bits per heavy atom. The predicted octanol–water partition coefficient (Wildman–Crippen LogP) is 2.14. The molecule has 0 spiro atoms. The second kappa shape index (κ2) is 5.49. The average Bonchev–Trinajstić information content (AvgIpc) is 2.76. The van der Waals surface area contributed by atoms with Crippen molar-refractivity contribution in [2.24, 2.45) is 5.73 Å². The number of nitrogens with two attached hydrogens (primary N) is 2. The Kier molecular flexibility index (Phi) is 3.45. The zero-order valence-electron chi connectivity index (χ0n) is 13.5. The third kappa shape index (κ3) is 2.45. The number of nitrogens with zero attached hydrogens (tertiary/aromatic N) is 3. The van der Waals surface area contributed by atoms with E-state index in [0.29, 0.717) is 12.0 Å². The molecule has 23 heavy (non-hydrogen) atoms. The van der Waals surface area contributed by atoms with Gasteiger partial charge in [-0.25, -0.2) is 4.98 Å². The highest BCUT2D eigenvalue weighted by Gasteiger charge is 2.31. The van der Waals surface area contributed by atoms with Gasteiger partial charge in [0.05, 0.1) is 5.69 Å². The van der Waals surface area contributed by atoms with E-state index in [1.54, 1.807) is 0 Å². The standard InChI is InChI=1S/C18H23N5/c1-11-9-13(19)10-23(11)17-15-8-4-6-12-5-2-3-7-14(12)16(15)21-18(20)22-17/h2-3,5,7,11,13H,4,6,8-10,19H2,1H3,(H2,20,21,22)/t11-,13-/m1/s1. The van der Waals surface area contributed by atoms with Crippen LogP contribution in [-0.4, -0.2) is 28.6 Å². The Bertz CT molecular complexity index is 742. The van der Waals surface area contributed by atoms with Crippen LogP contribution in [-0.2, 0) is 12.8 Å². The van der Waals surface area contributed by atoms with Gasteiger partial charge in [0.25, 0.3) is 0 Å². The molecular weight excluding hydrogens is 286 g/mol. The lowest BCUT2D eigenvalue weighted by atomic mass is 10.0. The number of anilines is 2. The Balaban J connectivity index is 1.90. The summed E-state index contributed by atoms with van der Waals surface area (Å²) in [5.74, 6) is 1.34. The van der Waals surface area contributed by atoms with E-state index in [-0.39, 0.29) is 6.04 Å². The number of benzene rings is 1. The lowest BCUT2D eigenvalue weighted by Crippen LogP contribution is -2.31. The van der Waals surface area contributed by atoms with Crippen LogP contribution in [0.2, 0.25) is 0 Å². The van der Waals surface area contributed by atoms with Crippen LogP contribution in [0.3, 0.4) is 0 Å². The molecule has 2 heterocycles. The van der Waals surface area contributed by atoms with Crippen LogP contribution in [0.4, 0.5) is 11.8 Å². The van der Waals surface area contributed by atoms with E-state index in [1.807, 2.05) is 0 Å². The van der Waals surface area contributed by atoms with Gasteiger partial charge in [-0.05, 0) is 38.2 Å². The molecule has 1 saturated heterocycles. The molecule has 1 aliphatic carbocycles. The first-order valence-corrected chi connectivity index (χ1v) is 8.40. The van der Waals surface area contributed by atoms with Gasteiger partial charge in [-0.2, -0.15) is 4.98 Å². The molecule has 1 aromatic carbocycles. The maximum atomic E-state index is 6.16. The van der Waals surface area contributed by atoms with Crippen molar-refractivity contribution in [3.8, 4) is 11.3 Å². The SMILES string of the molecule is C[C@@H]1C[C@@H](N)CN1c1nc(N)nc2c1CCCc1ccccc1-2. The zero-order valence-corrected chi connectivity index (χ0v) is 13.5. The van der Waals surface area contributed by atoms with Crippen molar-refractivity contribution < 1.29 is 0 Å². The molecule has 0 saturated carbocycles. The molecule has 0 unspecified atom stereocenters. The minimum Gasteiger partial charge on any atom is -0.368 e. The molecule has 0 amide bonds. The lowest BCUT2D eigenvalue weighted by molar-refractivity contribution is 0.686. The number of aromatic nitrogens is 2. The first-order chi connectivity index (χ1) is 11.1. The molecule has 0 radical (unpaired) electrons. The van der Waals surface area contributed by atoms with Crippen LogP contribution >= 0.6 is 0 Å². The van der Waals surface area contributed by atoms with Gasteiger partial charge < -0.3 is 16.4 Å². The summed E-state index contributed by atoms with van der Waals surface area (Å²) in [6.45, 7) is 3.05. The molecule has 2 atom stereocenters. The van der Waals surface area contributed by atoms with Crippen molar-refractivity contribution >= 4 is 11.8 Å². The summed E-state index contributed by atoms with van der Waals surface area (Å²) in [5, 5.41) is 0. The highest BCUT2D eigenvalue weighted by atomic mass is 15.3. The number of nitrogen functional groups attached to an aromatic ring is 1. The van der Waals surface area contributed by atoms with Gasteiger partial charge in [0.1, 0.15) is 5.82 Å². The summed E-state index contributed by atoms with van der Waals surface area (Å²) in [5.41, 5.74) is 17.0. The monoisotopic (exact) mass is 309 g/mol. The van der Waals surface area contributed by atoms with Gasteiger partial charge in [-0.15, -0.1) is 0 Å². The molecule has 5 nitrogen and oxygen atoms in total. The van der Waals surface area contributed by atoms with Crippen LogP contribution < -0.4 is 16.4 Å². The Morgan fingerprint density at radius 2 is 2.00 bits per heavy atom. The van der Waals surface area contributed by atoms with Crippen LogP contribution in [0.15, 0.2) is 24.3 Å². The number of hydrogen-bond acceptors (Lipinski definition) is 5. The fourth-order valence-corrected chi connectivity index (χ4v) is 3.97. The van der Waals surface area contributed by atoms with Gasteiger partial charge in [-0.1, -0.05) is 24.3 Å². The molecule has 4 N–H and O–H groups in total. The largest absolute Gasteiger partial charge is 0.368 e. The lowest BCUT2D eigenvalue weighted by Gasteiger charge is -2.26. The van der Waals surface area contributed by atoms with Gasteiger partial charge >= 0.3 is 0 Å². The normalized spacial score (nSPS) is 23.3. The summed E-state index contributed by atoms with van der Waals surface area (Å²) in [6.07, 6.45) is 4.16. The minimum atomic E-state index is 0.204. The van der Waals surface area contributed by atoms with Gasteiger partial charge in [0.15, 0.2) is 0 Å². The van der Waals surface area contributed by atoms with Crippen LogP contribution in [0.1, 0.15) is 30.9 Å². The van der Waals surface area contributed by atoms with E-state index in [9.17, 15) is 0 Å². The molecule has 4 rings (SSSR count). The van der Waals surface area contributed by atoms with E-state index < -0.39 is 0 Å². The fraction of sp³-hybridized carbons (Fsp3) is 0.444. The van der Waals surface area contributed by atoms with E-state index in [4.69, 9.17) is 11.5 Å². The number of fused-ring (bicyclic) bond motifs is 3. The van der Waals surface area contributed by atoms with Crippen LogP contribution in [0.5, 0.6) is 0 Å². The molecule has 0 bridgehead atoms. The third-order valence-corrected chi connectivity index (χ3v) is 5.03. The zero-order chi connectivity index (χ0) is 16.0. The summed E-state index contributed by atoms with van der Waals surface area (Å²) in [7, 11) is 0. The Hall–Kier alpha value is -2.14. The molecule has 1 fully saturated rings. The summed E-state index contributed by atoms with van der Waals surface area (Å²) in [6, 6.07) is 9.10. The van der Waals surface area contributed by atoms with Crippen molar-refractivity contribution in [3.63, 3.8) is 0 Å². The molecule has 5 heteroatoms. The minimum absolute atomic E-state index is 0.204. The molecular formula is C18H23N5. The highest BCUT2D eigenvalue weighted by molar-refractivity contribution is 5.74. The maximum Gasteiger partial charge on any atom is 0.222 e. The second-order valence-corrected chi connectivity index (χ2v) is 6.74. The highest BCUT2D eigenvalue weighted by Crippen LogP contribution is 2.37. The van der Waals surface area contributed by atoms with E-state index in [2.05, 4.69) is 46.1 Å². The first-order valence-electron chi connectivity index (χ1n) is 8.40. The van der Waals surface area contributed by atoms with Crippen molar-refractivity contribution in [3.05, 3.63) is 35.4 Å². The number of aryl methyl sites for hydroxylation is 1. The van der Waals surface area contributed by atoms with Crippen molar-refractivity contribution in [2.75, 3.05) is 17.2 Å². The molecule has 2 aromatic rings. The van der Waals surface area contributed by atoms with Crippen molar-refractivity contribution in [1.82, 2.24) is 9.97 Å². The number of hydrogen-bond donors (Lipinski definition) is 2. The smallest absolute Gasteiger partial charge is 0.222 e. The third-order valence-electron chi connectivity index (χ3n) is 5.03. The molecule has 1 aliphatic heterocycles. The summed E-state index contributed by atoms with van der Waals surface area (Å²) in [4.78, 5) is 11.5. The van der Waals surface area contributed by atoms with Gasteiger partial charge in [-0.3, -0.25) is 0 Å². The maximum absolute atomic E-state index is 6.16. The average molecular weight is 309 g/mol.